The Hall–Kier alpha value is -0.991. The Morgan fingerprint density at radius 3 is 2.47 bits per heavy atom. The molecule has 1 fully saturated rings. The van der Waals surface area contributed by atoms with Crippen LogP contribution in [0, 0.1) is 6.07 Å². The number of ether oxygens (including phenoxy) is 2. The van der Waals surface area contributed by atoms with Crippen LogP contribution < -0.4 is 9.47 Å². The molecule has 0 atom stereocenters. The monoisotopic (exact) mass is 309 g/mol. The maximum Gasteiger partial charge on any atom is 1.00 e. The van der Waals surface area contributed by atoms with Gasteiger partial charge in [-0.15, -0.1) is 17.7 Å². The molecule has 0 heterocycles. The summed E-state index contributed by atoms with van der Waals surface area (Å²) in [5.74, 6) is 1.42. The van der Waals surface area contributed by atoms with Crippen molar-refractivity contribution in [1.29, 1.82) is 0 Å². The van der Waals surface area contributed by atoms with E-state index in [2.05, 4.69) is 11.1 Å². The Labute approximate surface area is 125 Å². The second-order valence-electron chi connectivity index (χ2n) is 4.60. The summed E-state index contributed by atoms with van der Waals surface area (Å²) in [4.78, 5) is 4.63. The van der Waals surface area contributed by atoms with E-state index in [9.17, 15) is 0 Å². The molecule has 0 saturated heterocycles. The van der Waals surface area contributed by atoms with E-state index in [-0.39, 0.29) is 17.1 Å². The fraction of sp³-hybridized carbons (Fsp3) is 0.533. The summed E-state index contributed by atoms with van der Waals surface area (Å²) in [6, 6.07) is 7.33. The predicted molar refractivity (Wildman–Crippen MR) is 72.8 cm³/mol. The molecule has 0 N–H and O–H groups in total. The largest absolute Gasteiger partial charge is 1.00 e. The molecule has 1 aliphatic rings. The summed E-state index contributed by atoms with van der Waals surface area (Å²) in [6.45, 7) is 0. The summed E-state index contributed by atoms with van der Waals surface area (Å²) in [5.41, 5.74) is 0.943. The van der Waals surface area contributed by atoms with E-state index in [1.807, 2.05) is 12.3 Å². The van der Waals surface area contributed by atoms with Gasteiger partial charge >= 0.3 is 17.1 Å². The van der Waals surface area contributed by atoms with Gasteiger partial charge in [-0.1, -0.05) is 31.5 Å². The molecule has 0 bridgehead atoms. The SMILES string of the molecule is COc1c[c-]c(C=NC2CCCCC2)cc1OC.[Cu+]. The van der Waals surface area contributed by atoms with Crippen LogP contribution in [0.25, 0.3) is 0 Å². The first kappa shape index (κ1) is 16.1. The molecule has 108 valence electrons. The van der Waals surface area contributed by atoms with E-state index >= 15 is 0 Å². The van der Waals surface area contributed by atoms with Crippen LogP contribution in [0.3, 0.4) is 0 Å². The van der Waals surface area contributed by atoms with Crippen LogP contribution in [0.4, 0.5) is 0 Å². The van der Waals surface area contributed by atoms with E-state index in [0.29, 0.717) is 11.8 Å². The zero-order valence-electron chi connectivity index (χ0n) is 11.4. The van der Waals surface area contributed by atoms with Crippen LogP contribution in [0.2, 0.25) is 0 Å². The number of methoxy groups -OCH3 is 2. The van der Waals surface area contributed by atoms with Crippen LogP contribution in [0.15, 0.2) is 17.1 Å². The molecule has 1 aromatic carbocycles. The minimum Gasteiger partial charge on any atom is -0.536 e. The average Bonchev–Trinajstić information content (AvgIpc) is 2.45. The summed E-state index contributed by atoms with van der Waals surface area (Å²) < 4.78 is 10.4. The fourth-order valence-electron chi connectivity index (χ4n) is 2.28. The third-order valence-corrected chi connectivity index (χ3v) is 3.34. The van der Waals surface area contributed by atoms with Crippen molar-refractivity contribution < 1.29 is 26.5 Å². The van der Waals surface area contributed by atoms with Gasteiger partial charge in [-0.2, -0.15) is 0 Å². The first-order chi connectivity index (χ1) is 8.83. The minimum atomic E-state index is 0. The number of nitrogens with zero attached hydrogens (tertiary/aromatic N) is 1. The molecule has 3 nitrogen and oxygen atoms in total. The standard InChI is InChI=1S/C15H20NO2.Cu/c1-17-14-9-8-12(10-15(14)18-2)11-16-13-6-4-3-5-7-13;/h9-11,13H,3-7H2,1-2H3;/q-1;+1. The maximum absolute atomic E-state index is 5.26. The Bertz CT molecular complexity index is 415. The Morgan fingerprint density at radius 1 is 1.16 bits per heavy atom. The van der Waals surface area contributed by atoms with Gasteiger partial charge in [0.1, 0.15) is 0 Å². The van der Waals surface area contributed by atoms with E-state index in [1.165, 1.54) is 32.1 Å². The minimum absolute atomic E-state index is 0. The molecule has 0 unspecified atom stereocenters. The third-order valence-electron chi connectivity index (χ3n) is 3.34. The third kappa shape index (κ3) is 4.55. The number of aliphatic imine (C=N–C) groups is 1. The molecule has 1 saturated carbocycles. The smallest absolute Gasteiger partial charge is 0.536 e. The van der Waals surface area contributed by atoms with E-state index in [1.54, 1.807) is 20.3 Å². The Balaban J connectivity index is 0.00000180. The van der Waals surface area contributed by atoms with Gasteiger partial charge in [-0.25, -0.2) is 0 Å². The van der Waals surface area contributed by atoms with Crippen molar-refractivity contribution in [2.75, 3.05) is 14.2 Å². The normalized spacial score (nSPS) is 16.1. The van der Waals surface area contributed by atoms with Gasteiger partial charge in [0.2, 0.25) is 0 Å². The van der Waals surface area contributed by atoms with E-state index in [0.717, 1.165) is 11.3 Å². The Kier molecular flexibility index (Phi) is 6.96. The number of benzene rings is 1. The summed E-state index contributed by atoms with van der Waals surface area (Å²) in [7, 11) is 3.27. The van der Waals surface area contributed by atoms with Gasteiger partial charge in [0.05, 0.1) is 25.7 Å². The van der Waals surface area contributed by atoms with Crippen molar-refractivity contribution in [2.45, 2.75) is 38.1 Å². The van der Waals surface area contributed by atoms with Gasteiger partial charge in [-0.05, 0) is 12.8 Å². The van der Waals surface area contributed by atoms with Gasteiger partial charge in [0.25, 0.3) is 0 Å². The molecule has 1 aliphatic carbocycles. The van der Waals surface area contributed by atoms with Crippen molar-refractivity contribution in [3.8, 4) is 11.5 Å². The van der Waals surface area contributed by atoms with Crippen molar-refractivity contribution in [3.05, 3.63) is 23.8 Å². The summed E-state index contributed by atoms with van der Waals surface area (Å²) in [6.07, 6.45) is 8.29. The molecule has 1 aromatic rings. The number of rotatable bonds is 4. The Morgan fingerprint density at radius 2 is 1.84 bits per heavy atom. The van der Waals surface area contributed by atoms with Gasteiger partial charge in [0, 0.05) is 6.04 Å². The number of hydrogen-bond acceptors (Lipinski definition) is 3. The molecule has 0 aromatic heterocycles. The van der Waals surface area contributed by atoms with Crippen molar-refractivity contribution in [3.63, 3.8) is 0 Å². The second kappa shape index (κ2) is 8.23. The van der Waals surface area contributed by atoms with Crippen molar-refractivity contribution >= 4 is 6.21 Å². The van der Waals surface area contributed by atoms with Crippen LogP contribution in [-0.2, 0) is 17.1 Å². The molecule has 0 radical (unpaired) electrons. The van der Waals surface area contributed by atoms with E-state index in [4.69, 9.17) is 9.47 Å². The summed E-state index contributed by atoms with van der Waals surface area (Å²) >= 11 is 0. The van der Waals surface area contributed by atoms with Gasteiger partial charge in [0.15, 0.2) is 0 Å². The topological polar surface area (TPSA) is 30.8 Å². The molecule has 4 heteroatoms. The quantitative estimate of drug-likeness (QED) is 0.485. The van der Waals surface area contributed by atoms with Crippen molar-refractivity contribution in [2.24, 2.45) is 4.99 Å². The first-order valence-electron chi connectivity index (χ1n) is 6.50. The molecule has 19 heavy (non-hydrogen) atoms. The molecule has 0 aliphatic heterocycles. The second-order valence-corrected chi connectivity index (χ2v) is 4.60. The van der Waals surface area contributed by atoms with Gasteiger partial charge in [-0.3, -0.25) is 0 Å². The van der Waals surface area contributed by atoms with E-state index < -0.39 is 0 Å². The molecule has 0 spiro atoms. The molecule has 2 rings (SSSR count). The zero-order valence-corrected chi connectivity index (χ0v) is 12.4. The molecular weight excluding hydrogens is 290 g/mol. The predicted octanol–water partition coefficient (Wildman–Crippen LogP) is 3.25. The van der Waals surface area contributed by atoms with Crippen LogP contribution >= 0.6 is 0 Å². The molecule has 0 amide bonds. The van der Waals surface area contributed by atoms with Crippen LogP contribution in [0.5, 0.6) is 11.5 Å². The first-order valence-corrected chi connectivity index (χ1v) is 6.50. The zero-order chi connectivity index (χ0) is 12.8. The van der Waals surface area contributed by atoms with Crippen LogP contribution in [0.1, 0.15) is 37.7 Å². The molecular formula is C15H20CuNO2. The maximum atomic E-state index is 5.26. The fourth-order valence-corrected chi connectivity index (χ4v) is 2.28. The average molecular weight is 310 g/mol. The van der Waals surface area contributed by atoms with Gasteiger partial charge < -0.3 is 14.5 Å². The summed E-state index contributed by atoms with van der Waals surface area (Å²) in [5, 5.41) is 0. The van der Waals surface area contributed by atoms with Crippen LogP contribution in [-0.4, -0.2) is 26.5 Å². The number of hydrogen-bond donors (Lipinski definition) is 0. The van der Waals surface area contributed by atoms with Crippen molar-refractivity contribution in [1.82, 2.24) is 0 Å².